The van der Waals surface area contributed by atoms with Gasteiger partial charge in [-0.2, -0.15) is 0 Å². The number of hydrogen-bond acceptors (Lipinski definition) is 2. The fourth-order valence-corrected chi connectivity index (χ4v) is 2.54. The van der Waals surface area contributed by atoms with Gasteiger partial charge in [0.2, 0.25) is 5.95 Å². The van der Waals surface area contributed by atoms with Gasteiger partial charge in [-0.15, -0.1) is 0 Å². The second kappa shape index (κ2) is 5.78. The van der Waals surface area contributed by atoms with E-state index >= 15 is 0 Å². The van der Waals surface area contributed by atoms with Crippen LogP contribution in [0.3, 0.4) is 0 Å². The second-order valence-corrected chi connectivity index (χ2v) is 6.25. The highest BCUT2D eigenvalue weighted by molar-refractivity contribution is 9.10. The normalized spacial score (nSPS) is 11.1. The van der Waals surface area contributed by atoms with E-state index in [2.05, 4.69) is 69.9 Å². The molecule has 2 aromatic rings. The van der Waals surface area contributed by atoms with Crippen LogP contribution in [0.15, 0.2) is 28.9 Å². The molecule has 0 saturated carbocycles. The van der Waals surface area contributed by atoms with Crippen molar-refractivity contribution in [1.82, 2.24) is 9.55 Å². The largest absolute Gasteiger partial charge is 0.325 e. The van der Waals surface area contributed by atoms with Gasteiger partial charge in [0.1, 0.15) is 0 Å². The van der Waals surface area contributed by atoms with Gasteiger partial charge < -0.3 is 9.88 Å². The van der Waals surface area contributed by atoms with Crippen molar-refractivity contribution in [2.45, 2.75) is 34.2 Å². The summed E-state index contributed by atoms with van der Waals surface area (Å²) in [5.74, 6) is 1.51. The highest BCUT2D eigenvalue weighted by atomic mass is 79.9. The van der Waals surface area contributed by atoms with E-state index < -0.39 is 0 Å². The summed E-state index contributed by atoms with van der Waals surface area (Å²) in [6.07, 6.45) is 2.09. The molecule has 1 N–H and O–H groups in total. The Labute approximate surface area is 123 Å². The topological polar surface area (TPSA) is 29.9 Å². The van der Waals surface area contributed by atoms with Crippen molar-refractivity contribution >= 4 is 27.6 Å². The van der Waals surface area contributed by atoms with Gasteiger partial charge in [-0.1, -0.05) is 29.8 Å². The summed E-state index contributed by atoms with van der Waals surface area (Å²) in [6, 6.07) is 6.21. The van der Waals surface area contributed by atoms with E-state index in [0.29, 0.717) is 5.92 Å². The molecule has 0 radical (unpaired) electrons. The maximum atomic E-state index is 4.56. The van der Waals surface area contributed by atoms with E-state index in [1.165, 1.54) is 5.56 Å². The van der Waals surface area contributed by atoms with Gasteiger partial charge >= 0.3 is 0 Å². The van der Waals surface area contributed by atoms with Crippen LogP contribution in [0.2, 0.25) is 0 Å². The summed E-state index contributed by atoms with van der Waals surface area (Å²) in [6.45, 7) is 9.51. The first kappa shape index (κ1) is 14.1. The van der Waals surface area contributed by atoms with E-state index in [1.54, 1.807) is 0 Å². The van der Waals surface area contributed by atoms with Crippen LogP contribution >= 0.6 is 15.9 Å². The summed E-state index contributed by atoms with van der Waals surface area (Å²) >= 11 is 3.48. The molecule has 1 aromatic carbocycles. The first-order valence-electron chi connectivity index (χ1n) is 6.52. The molecular formula is C15H20BrN3. The lowest BCUT2D eigenvalue weighted by Crippen LogP contribution is -2.07. The molecule has 0 aliphatic carbocycles. The Morgan fingerprint density at radius 3 is 2.68 bits per heavy atom. The molecular weight excluding hydrogens is 302 g/mol. The van der Waals surface area contributed by atoms with Crippen molar-refractivity contribution in [2.75, 3.05) is 5.32 Å². The molecule has 0 fully saturated rings. The van der Waals surface area contributed by atoms with E-state index in [9.17, 15) is 0 Å². The Hall–Kier alpha value is -1.29. The number of aryl methyl sites for hydroxylation is 2. The molecule has 1 aromatic heterocycles. The average Bonchev–Trinajstić information content (AvgIpc) is 2.62. The van der Waals surface area contributed by atoms with Crippen LogP contribution in [0.25, 0.3) is 0 Å². The molecule has 0 aliphatic heterocycles. The Balaban J connectivity index is 2.27. The third-order valence-corrected chi connectivity index (χ3v) is 3.39. The summed E-state index contributed by atoms with van der Waals surface area (Å²) in [4.78, 5) is 4.56. The minimum atomic E-state index is 0.597. The Kier molecular flexibility index (Phi) is 4.30. The van der Waals surface area contributed by atoms with Crippen LogP contribution in [-0.2, 0) is 6.54 Å². The van der Waals surface area contributed by atoms with Crippen molar-refractivity contribution in [1.29, 1.82) is 0 Å². The molecule has 0 atom stereocenters. The standard InChI is InChI=1S/C15H20BrN3/c1-10(2)8-19-9-12(4)17-15(19)18-14-6-5-13(16)7-11(14)3/h5-7,9-10H,8H2,1-4H3,(H,17,18). The monoisotopic (exact) mass is 321 g/mol. The quantitative estimate of drug-likeness (QED) is 0.887. The van der Waals surface area contributed by atoms with Gasteiger partial charge in [-0.25, -0.2) is 4.98 Å². The van der Waals surface area contributed by atoms with Crippen molar-refractivity contribution in [3.63, 3.8) is 0 Å². The maximum absolute atomic E-state index is 4.56. The molecule has 0 amide bonds. The number of imidazole rings is 1. The van der Waals surface area contributed by atoms with Crippen LogP contribution in [0.5, 0.6) is 0 Å². The van der Waals surface area contributed by atoms with Crippen LogP contribution in [0.4, 0.5) is 11.6 Å². The van der Waals surface area contributed by atoms with Crippen LogP contribution < -0.4 is 5.32 Å². The molecule has 102 valence electrons. The molecule has 4 heteroatoms. The number of nitrogens with one attached hydrogen (secondary N) is 1. The lowest BCUT2D eigenvalue weighted by atomic mass is 10.2. The molecule has 0 bridgehead atoms. The smallest absolute Gasteiger partial charge is 0.207 e. The van der Waals surface area contributed by atoms with Crippen molar-refractivity contribution in [2.24, 2.45) is 5.92 Å². The minimum Gasteiger partial charge on any atom is -0.325 e. The van der Waals surface area contributed by atoms with E-state index in [4.69, 9.17) is 0 Å². The van der Waals surface area contributed by atoms with Crippen molar-refractivity contribution in [3.8, 4) is 0 Å². The number of hydrogen-bond donors (Lipinski definition) is 1. The highest BCUT2D eigenvalue weighted by Gasteiger charge is 2.08. The van der Waals surface area contributed by atoms with Gasteiger partial charge in [0, 0.05) is 22.9 Å². The predicted molar refractivity (Wildman–Crippen MR) is 84.0 cm³/mol. The maximum Gasteiger partial charge on any atom is 0.207 e. The third-order valence-electron chi connectivity index (χ3n) is 2.89. The molecule has 19 heavy (non-hydrogen) atoms. The first-order valence-corrected chi connectivity index (χ1v) is 7.32. The lowest BCUT2D eigenvalue weighted by Gasteiger charge is -2.13. The number of halogens is 1. The second-order valence-electron chi connectivity index (χ2n) is 5.34. The average molecular weight is 322 g/mol. The molecule has 0 spiro atoms. The molecule has 0 aliphatic rings. The summed E-state index contributed by atoms with van der Waals surface area (Å²) in [5.41, 5.74) is 3.34. The summed E-state index contributed by atoms with van der Waals surface area (Å²) in [7, 11) is 0. The van der Waals surface area contributed by atoms with Crippen LogP contribution in [0.1, 0.15) is 25.1 Å². The summed E-state index contributed by atoms with van der Waals surface area (Å²) in [5, 5.41) is 3.43. The number of benzene rings is 1. The van der Waals surface area contributed by atoms with Gasteiger partial charge in [0.15, 0.2) is 0 Å². The SMILES string of the molecule is Cc1cn(CC(C)C)c(Nc2ccc(Br)cc2C)n1. The molecule has 3 nitrogen and oxygen atoms in total. The van der Waals surface area contributed by atoms with Crippen LogP contribution in [0, 0.1) is 19.8 Å². The lowest BCUT2D eigenvalue weighted by molar-refractivity contribution is 0.527. The number of aromatic nitrogens is 2. The fourth-order valence-electron chi connectivity index (χ4n) is 2.07. The minimum absolute atomic E-state index is 0.597. The highest BCUT2D eigenvalue weighted by Crippen LogP contribution is 2.24. The summed E-state index contributed by atoms with van der Waals surface area (Å²) < 4.78 is 3.28. The zero-order valence-corrected chi connectivity index (χ0v) is 13.5. The number of nitrogens with zero attached hydrogens (tertiary/aromatic N) is 2. The van der Waals surface area contributed by atoms with Gasteiger partial charge in [0.05, 0.1) is 5.69 Å². The molecule has 2 rings (SSSR count). The van der Waals surface area contributed by atoms with E-state index in [0.717, 1.165) is 28.3 Å². The Bertz CT molecular complexity index is 573. The van der Waals surface area contributed by atoms with Gasteiger partial charge in [0.25, 0.3) is 0 Å². The number of rotatable bonds is 4. The molecule has 0 unspecified atom stereocenters. The zero-order valence-electron chi connectivity index (χ0n) is 11.9. The van der Waals surface area contributed by atoms with E-state index in [-0.39, 0.29) is 0 Å². The first-order chi connectivity index (χ1) is 8.95. The predicted octanol–water partition coefficient (Wildman–Crippen LogP) is 4.66. The van der Waals surface area contributed by atoms with Crippen molar-refractivity contribution < 1.29 is 0 Å². The van der Waals surface area contributed by atoms with Crippen molar-refractivity contribution in [3.05, 3.63) is 40.1 Å². The van der Waals surface area contributed by atoms with E-state index in [1.807, 2.05) is 13.0 Å². The van der Waals surface area contributed by atoms with Gasteiger partial charge in [-0.3, -0.25) is 0 Å². The zero-order chi connectivity index (χ0) is 14.0. The Morgan fingerprint density at radius 1 is 1.32 bits per heavy atom. The Morgan fingerprint density at radius 2 is 2.05 bits per heavy atom. The fraction of sp³-hybridized carbons (Fsp3) is 0.400. The molecule has 0 saturated heterocycles. The molecule has 1 heterocycles. The third kappa shape index (κ3) is 3.60. The number of anilines is 2. The van der Waals surface area contributed by atoms with Crippen LogP contribution in [-0.4, -0.2) is 9.55 Å². The van der Waals surface area contributed by atoms with Gasteiger partial charge in [-0.05, 0) is 43.5 Å².